The summed E-state index contributed by atoms with van der Waals surface area (Å²) in [6, 6.07) is 5.84. The summed E-state index contributed by atoms with van der Waals surface area (Å²) in [6.45, 7) is 2.37. The minimum atomic E-state index is -0.391. The zero-order valence-electron chi connectivity index (χ0n) is 12.1. The molecule has 1 saturated heterocycles. The van der Waals surface area contributed by atoms with Crippen LogP contribution in [0.25, 0.3) is 0 Å². The molecule has 3 rings (SSSR count). The summed E-state index contributed by atoms with van der Waals surface area (Å²) in [4.78, 5) is 2.14. The van der Waals surface area contributed by atoms with Crippen LogP contribution in [0.3, 0.4) is 0 Å². The molecule has 0 aliphatic carbocycles. The maximum atomic E-state index is 13.1. The first kappa shape index (κ1) is 14.6. The molecule has 1 fully saturated rings. The number of hydrogen-bond acceptors (Lipinski definition) is 4. The van der Waals surface area contributed by atoms with Crippen molar-refractivity contribution < 1.29 is 19.0 Å². The molecule has 0 aromatic heterocycles. The van der Waals surface area contributed by atoms with Crippen LogP contribution >= 0.6 is 0 Å². The number of piperidine rings is 1. The highest BCUT2D eigenvalue weighted by Gasteiger charge is 2.27. The Bertz CT molecular complexity index is 483. The smallest absolute Gasteiger partial charge is 0.161 e. The van der Waals surface area contributed by atoms with E-state index in [1.165, 1.54) is 5.56 Å². The molecule has 2 heterocycles. The van der Waals surface area contributed by atoms with E-state index in [2.05, 4.69) is 4.90 Å². The van der Waals surface area contributed by atoms with Crippen molar-refractivity contribution in [3.05, 3.63) is 23.8 Å². The highest BCUT2D eigenvalue weighted by atomic mass is 19.1. The predicted molar refractivity (Wildman–Crippen MR) is 77.7 cm³/mol. The summed E-state index contributed by atoms with van der Waals surface area (Å²) >= 11 is 0. The van der Waals surface area contributed by atoms with E-state index in [-0.39, 0.29) is 12.1 Å². The van der Waals surface area contributed by atoms with Gasteiger partial charge in [-0.05, 0) is 37.0 Å². The van der Waals surface area contributed by atoms with Crippen LogP contribution in [0.5, 0.6) is 11.5 Å². The summed E-state index contributed by atoms with van der Waals surface area (Å²) in [5, 5.41) is 9.62. The first-order valence-electron chi connectivity index (χ1n) is 7.63. The monoisotopic (exact) mass is 295 g/mol. The van der Waals surface area contributed by atoms with Crippen molar-refractivity contribution in [1.29, 1.82) is 0 Å². The fourth-order valence-electron chi connectivity index (χ4n) is 3.05. The maximum absolute atomic E-state index is 13.1. The van der Waals surface area contributed by atoms with Crippen molar-refractivity contribution in [2.24, 2.45) is 0 Å². The number of halogens is 1. The molecule has 2 atom stereocenters. The molecule has 2 aliphatic heterocycles. The number of hydrogen-bond donors (Lipinski definition) is 1. The number of rotatable bonds is 4. The van der Waals surface area contributed by atoms with Crippen molar-refractivity contribution in [2.45, 2.75) is 31.4 Å². The lowest BCUT2D eigenvalue weighted by atomic mass is 9.99. The first-order valence-corrected chi connectivity index (χ1v) is 7.63. The quantitative estimate of drug-likeness (QED) is 0.919. The second kappa shape index (κ2) is 6.62. The SMILES string of the molecule is OC1CCN(CCc2ccc3c(c2)OCCO3)C(CF)C1. The summed E-state index contributed by atoms with van der Waals surface area (Å²) in [7, 11) is 0. The standard InChI is InChI=1S/C16H22FNO3/c17-11-13-10-14(19)4-6-18(13)5-3-12-1-2-15-16(9-12)21-8-7-20-15/h1-2,9,13-14,19H,3-8,10-11H2. The van der Waals surface area contributed by atoms with Gasteiger partial charge in [-0.1, -0.05) is 6.07 Å². The molecule has 0 radical (unpaired) electrons. The highest BCUT2D eigenvalue weighted by molar-refractivity contribution is 5.43. The fraction of sp³-hybridized carbons (Fsp3) is 0.625. The molecule has 1 aromatic carbocycles. The number of nitrogens with zero attached hydrogens (tertiary/aromatic N) is 1. The van der Waals surface area contributed by atoms with Gasteiger partial charge in [0.15, 0.2) is 11.5 Å². The van der Waals surface area contributed by atoms with Crippen LogP contribution in [-0.4, -0.2) is 55.1 Å². The van der Waals surface area contributed by atoms with Gasteiger partial charge >= 0.3 is 0 Å². The Morgan fingerprint density at radius 1 is 1.24 bits per heavy atom. The predicted octanol–water partition coefficient (Wildman–Crippen LogP) is 1.80. The average Bonchev–Trinajstić information content (AvgIpc) is 2.53. The Hall–Kier alpha value is -1.33. The van der Waals surface area contributed by atoms with E-state index in [0.29, 0.717) is 19.6 Å². The van der Waals surface area contributed by atoms with Crippen molar-refractivity contribution >= 4 is 0 Å². The number of benzene rings is 1. The number of aliphatic hydroxyl groups excluding tert-OH is 1. The summed E-state index contributed by atoms with van der Waals surface area (Å²) < 4.78 is 24.2. The molecule has 4 nitrogen and oxygen atoms in total. The second-order valence-electron chi connectivity index (χ2n) is 5.75. The highest BCUT2D eigenvalue weighted by Crippen LogP contribution is 2.31. The third kappa shape index (κ3) is 3.47. The topological polar surface area (TPSA) is 41.9 Å². The van der Waals surface area contributed by atoms with Crippen molar-refractivity contribution in [3.63, 3.8) is 0 Å². The van der Waals surface area contributed by atoms with E-state index >= 15 is 0 Å². The molecule has 0 bridgehead atoms. The van der Waals surface area contributed by atoms with Crippen molar-refractivity contribution in [2.75, 3.05) is 33.0 Å². The van der Waals surface area contributed by atoms with Gasteiger partial charge in [0, 0.05) is 19.1 Å². The normalized spacial score (nSPS) is 25.8. The zero-order valence-corrected chi connectivity index (χ0v) is 12.1. The molecule has 116 valence electrons. The van der Waals surface area contributed by atoms with Gasteiger partial charge in [-0.25, -0.2) is 4.39 Å². The van der Waals surface area contributed by atoms with E-state index in [4.69, 9.17) is 9.47 Å². The van der Waals surface area contributed by atoms with Gasteiger partial charge in [0.1, 0.15) is 19.9 Å². The van der Waals surface area contributed by atoms with Crippen LogP contribution in [0.2, 0.25) is 0 Å². The van der Waals surface area contributed by atoms with Crippen LogP contribution in [0.15, 0.2) is 18.2 Å². The van der Waals surface area contributed by atoms with E-state index < -0.39 is 6.67 Å². The first-order chi connectivity index (χ1) is 10.3. The summed E-state index contributed by atoms with van der Waals surface area (Å²) in [5.74, 6) is 1.60. The molecule has 0 saturated carbocycles. The molecule has 0 spiro atoms. The minimum absolute atomic E-state index is 0.147. The van der Waals surface area contributed by atoms with E-state index in [1.54, 1.807) is 0 Å². The van der Waals surface area contributed by atoms with Gasteiger partial charge in [0.05, 0.1) is 6.10 Å². The number of fused-ring (bicyclic) bond motifs is 1. The largest absolute Gasteiger partial charge is 0.486 e. The maximum Gasteiger partial charge on any atom is 0.161 e. The number of ether oxygens (including phenoxy) is 2. The van der Waals surface area contributed by atoms with Crippen molar-refractivity contribution in [3.8, 4) is 11.5 Å². The van der Waals surface area contributed by atoms with Crippen LogP contribution in [0.4, 0.5) is 4.39 Å². The number of likely N-dealkylation sites (tertiary alicyclic amines) is 1. The molecule has 2 unspecified atom stereocenters. The van der Waals surface area contributed by atoms with Crippen LogP contribution < -0.4 is 9.47 Å². The average molecular weight is 295 g/mol. The Balaban J connectivity index is 1.59. The Labute approximate surface area is 124 Å². The van der Waals surface area contributed by atoms with Crippen LogP contribution in [-0.2, 0) is 6.42 Å². The number of alkyl halides is 1. The van der Waals surface area contributed by atoms with Crippen LogP contribution in [0.1, 0.15) is 18.4 Å². The molecule has 1 N–H and O–H groups in total. The zero-order chi connectivity index (χ0) is 14.7. The van der Waals surface area contributed by atoms with Gasteiger partial charge < -0.3 is 14.6 Å². The van der Waals surface area contributed by atoms with Gasteiger partial charge in [0.2, 0.25) is 0 Å². The Kier molecular flexibility index (Phi) is 4.60. The minimum Gasteiger partial charge on any atom is -0.486 e. The molecule has 2 aliphatic rings. The van der Waals surface area contributed by atoms with Gasteiger partial charge in [-0.2, -0.15) is 0 Å². The fourth-order valence-corrected chi connectivity index (χ4v) is 3.05. The molecular formula is C16H22FNO3. The third-order valence-corrected chi connectivity index (χ3v) is 4.28. The lowest BCUT2D eigenvalue weighted by Gasteiger charge is -2.36. The molecule has 1 aromatic rings. The molecular weight excluding hydrogens is 273 g/mol. The van der Waals surface area contributed by atoms with Gasteiger partial charge in [-0.15, -0.1) is 0 Å². The van der Waals surface area contributed by atoms with E-state index in [9.17, 15) is 9.50 Å². The third-order valence-electron chi connectivity index (χ3n) is 4.28. The van der Waals surface area contributed by atoms with Crippen molar-refractivity contribution in [1.82, 2.24) is 4.90 Å². The lowest BCUT2D eigenvalue weighted by molar-refractivity contribution is 0.0322. The molecule has 21 heavy (non-hydrogen) atoms. The number of aliphatic hydroxyl groups is 1. The lowest BCUT2D eigenvalue weighted by Crippen LogP contribution is -2.46. The molecule has 0 amide bonds. The van der Waals surface area contributed by atoms with Gasteiger partial charge in [0.25, 0.3) is 0 Å². The van der Waals surface area contributed by atoms with Crippen LogP contribution in [0, 0.1) is 0 Å². The summed E-state index contributed by atoms with van der Waals surface area (Å²) in [6.07, 6.45) is 1.77. The van der Waals surface area contributed by atoms with E-state index in [1.807, 2.05) is 18.2 Å². The second-order valence-corrected chi connectivity index (χ2v) is 5.75. The summed E-state index contributed by atoms with van der Waals surface area (Å²) in [5.41, 5.74) is 1.17. The van der Waals surface area contributed by atoms with Gasteiger partial charge in [-0.3, -0.25) is 4.90 Å². The Morgan fingerprint density at radius 2 is 2.05 bits per heavy atom. The van der Waals surface area contributed by atoms with E-state index in [0.717, 1.165) is 37.4 Å². The molecule has 5 heteroatoms. The Morgan fingerprint density at radius 3 is 2.86 bits per heavy atom.